The molecule has 1 heterocycles. The molecule has 1 aromatic carbocycles. The largest absolute Gasteiger partial charge is 0.351 e. The van der Waals surface area contributed by atoms with E-state index in [2.05, 4.69) is 5.32 Å². The minimum absolute atomic E-state index is 0.0713. The highest BCUT2D eigenvalue weighted by Gasteiger charge is 2.49. The van der Waals surface area contributed by atoms with Crippen LogP contribution in [0.15, 0.2) is 18.2 Å². The highest BCUT2D eigenvalue weighted by atomic mass is 35.5. The summed E-state index contributed by atoms with van der Waals surface area (Å²) in [5, 5.41) is 3.14. The van der Waals surface area contributed by atoms with Gasteiger partial charge in [0.1, 0.15) is 5.82 Å². The summed E-state index contributed by atoms with van der Waals surface area (Å²) in [6.45, 7) is 0.487. The average molecular weight is 339 g/mol. The molecule has 0 bridgehead atoms. The van der Waals surface area contributed by atoms with Gasteiger partial charge < -0.3 is 10.2 Å². The van der Waals surface area contributed by atoms with Crippen molar-refractivity contribution in [2.45, 2.75) is 38.1 Å². The summed E-state index contributed by atoms with van der Waals surface area (Å²) in [5.74, 6) is -0.680. The number of benzene rings is 1. The molecule has 2 aliphatic rings. The van der Waals surface area contributed by atoms with E-state index in [1.54, 1.807) is 0 Å². The molecule has 1 saturated carbocycles. The summed E-state index contributed by atoms with van der Waals surface area (Å²) in [5.41, 5.74) is 0.0795. The smallest absolute Gasteiger partial charge is 0.252 e. The number of rotatable bonds is 3. The number of nitrogens with one attached hydrogen (secondary N) is 1. The van der Waals surface area contributed by atoms with Crippen LogP contribution < -0.4 is 5.32 Å². The van der Waals surface area contributed by atoms with Gasteiger partial charge in [-0.05, 0) is 37.5 Å². The summed E-state index contributed by atoms with van der Waals surface area (Å²) in [6.07, 6.45) is 4.33. The van der Waals surface area contributed by atoms with Gasteiger partial charge in [0, 0.05) is 31.5 Å². The number of halogens is 2. The molecule has 0 aromatic heterocycles. The Morgan fingerprint density at radius 2 is 2.26 bits per heavy atom. The van der Waals surface area contributed by atoms with Crippen LogP contribution in [0.1, 0.15) is 42.5 Å². The van der Waals surface area contributed by atoms with E-state index in [0.717, 1.165) is 31.7 Å². The SMILES string of the molecule is CN1C(=O)CC[C@]2(CNC(=O)c3cc(F)ccc3Cl)CCC[C@@H]12. The van der Waals surface area contributed by atoms with Gasteiger partial charge in [-0.2, -0.15) is 0 Å². The summed E-state index contributed by atoms with van der Waals surface area (Å²) < 4.78 is 13.3. The van der Waals surface area contributed by atoms with E-state index in [4.69, 9.17) is 11.6 Å². The molecule has 0 radical (unpaired) electrons. The van der Waals surface area contributed by atoms with E-state index in [-0.39, 0.29) is 33.9 Å². The quantitative estimate of drug-likeness (QED) is 0.921. The Bertz CT molecular complexity index is 651. The molecule has 6 heteroatoms. The topological polar surface area (TPSA) is 49.4 Å². The van der Waals surface area contributed by atoms with Gasteiger partial charge in [0.2, 0.25) is 5.91 Å². The molecule has 4 nitrogen and oxygen atoms in total. The first-order chi connectivity index (χ1) is 10.9. The lowest BCUT2D eigenvalue weighted by Gasteiger charge is -2.44. The Balaban J connectivity index is 1.73. The lowest BCUT2D eigenvalue weighted by molar-refractivity contribution is -0.139. The number of carbonyl (C=O) groups is 2. The van der Waals surface area contributed by atoms with E-state index in [1.807, 2.05) is 11.9 Å². The van der Waals surface area contributed by atoms with Crippen LogP contribution in [0.5, 0.6) is 0 Å². The average Bonchev–Trinajstić information content (AvgIpc) is 2.96. The fourth-order valence-corrected chi connectivity index (χ4v) is 4.24. The maximum absolute atomic E-state index is 13.3. The molecular formula is C17H20ClFN2O2. The van der Waals surface area contributed by atoms with Gasteiger partial charge >= 0.3 is 0 Å². The van der Waals surface area contributed by atoms with Crippen molar-refractivity contribution in [1.29, 1.82) is 0 Å². The molecule has 2 amide bonds. The van der Waals surface area contributed by atoms with Crippen LogP contribution in [-0.4, -0.2) is 36.3 Å². The molecule has 1 aliphatic carbocycles. The van der Waals surface area contributed by atoms with E-state index in [0.29, 0.717) is 13.0 Å². The number of nitrogens with zero attached hydrogens (tertiary/aromatic N) is 1. The minimum Gasteiger partial charge on any atom is -0.351 e. The number of piperidine rings is 1. The molecule has 1 aromatic rings. The summed E-state index contributed by atoms with van der Waals surface area (Å²) >= 11 is 5.98. The van der Waals surface area contributed by atoms with E-state index in [9.17, 15) is 14.0 Å². The Hall–Kier alpha value is -1.62. The number of likely N-dealkylation sites (tertiary alicyclic amines) is 1. The molecule has 1 aliphatic heterocycles. The molecular weight excluding hydrogens is 319 g/mol. The van der Waals surface area contributed by atoms with Crippen molar-refractivity contribution < 1.29 is 14.0 Å². The molecule has 124 valence electrons. The first-order valence-corrected chi connectivity index (χ1v) is 8.30. The van der Waals surface area contributed by atoms with Crippen molar-refractivity contribution >= 4 is 23.4 Å². The van der Waals surface area contributed by atoms with Crippen LogP contribution >= 0.6 is 11.6 Å². The number of carbonyl (C=O) groups excluding carboxylic acids is 2. The second-order valence-corrected chi connectivity index (χ2v) is 6.99. The predicted molar refractivity (Wildman–Crippen MR) is 85.8 cm³/mol. The first-order valence-electron chi connectivity index (χ1n) is 7.92. The number of fused-ring (bicyclic) bond motifs is 1. The molecule has 0 spiro atoms. The standard InChI is InChI=1S/C17H20ClFN2O2/c1-21-14-3-2-7-17(14,8-6-15(21)22)10-20-16(23)12-9-11(19)4-5-13(12)18/h4-5,9,14H,2-3,6-8,10H2,1H3,(H,20,23)/t14-,17+/m1/s1. The lowest BCUT2D eigenvalue weighted by Crippen LogP contribution is -2.54. The Morgan fingerprint density at radius 3 is 3.04 bits per heavy atom. The zero-order chi connectivity index (χ0) is 16.6. The minimum atomic E-state index is -0.487. The van der Waals surface area contributed by atoms with Gasteiger partial charge in [-0.15, -0.1) is 0 Å². The van der Waals surface area contributed by atoms with Crippen molar-refractivity contribution in [2.75, 3.05) is 13.6 Å². The monoisotopic (exact) mass is 338 g/mol. The van der Waals surface area contributed by atoms with Crippen LogP contribution in [0.3, 0.4) is 0 Å². The van der Waals surface area contributed by atoms with Crippen LogP contribution in [0.4, 0.5) is 4.39 Å². The third kappa shape index (κ3) is 2.94. The molecule has 23 heavy (non-hydrogen) atoms. The van der Waals surface area contributed by atoms with Crippen molar-refractivity contribution in [3.05, 3.63) is 34.6 Å². The van der Waals surface area contributed by atoms with Crippen molar-refractivity contribution in [3.63, 3.8) is 0 Å². The van der Waals surface area contributed by atoms with Crippen LogP contribution in [0.2, 0.25) is 5.02 Å². The van der Waals surface area contributed by atoms with Gasteiger partial charge in [0.25, 0.3) is 5.91 Å². The molecule has 2 atom stereocenters. The van der Waals surface area contributed by atoms with Gasteiger partial charge in [-0.1, -0.05) is 18.0 Å². The van der Waals surface area contributed by atoms with Crippen LogP contribution in [0.25, 0.3) is 0 Å². The Labute approximate surface area is 140 Å². The van der Waals surface area contributed by atoms with Gasteiger partial charge in [-0.3, -0.25) is 9.59 Å². The molecule has 1 N–H and O–H groups in total. The van der Waals surface area contributed by atoms with Gasteiger partial charge in [0.05, 0.1) is 10.6 Å². The second-order valence-electron chi connectivity index (χ2n) is 6.58. The maximum Gasteiger partial charge on any atom is 0.252 e. The first kappa shape index (κ1) is 16.2. The summed E-state index contributed by atoms with van der Waals surface area (Å²) in [6, 6.07) is 3.94. The fourth-order valence-electron chi connectivity index (χ4n) is 4.04. The second kappa shape index (κ2) is 6.11. The van der Waals surface area contributed by atoms with Gasteiger partial charge in [0.15, 0.2) is 0 Å². The highest BCUT2D eigenvalue weighted by molar-refractivity contribution is 6.33. The third-order valence-corrected chi connectivity index (χ3v) is 5.66. The molecule has 0 unspecified atom stereocenters. The predicted octanol–water partition coefficient (Wildman–Crippen LogP) is 3.00. The normalized spacial score (nSPS) is 27.0. The number of hydrogen-bond donors (Lipinski definition) is 1. The third-order valence-electron chi connectivity index (χ3n) is 5.33. The Morgan fingerprint density at radius 1 is 1.48 bits per heavy atom. The highest BCUT2D eigenvalue weighted by Crippen LogP contribution is 2.47. The number of hydrogen-bond acceptors (Lipinski definition) is 2. The van der Waals surface area contributed by atoms with Crippen LogP contribution in [-0.2, 0) is 4.79 Å². The number of amides is 2. The van der Waals surface area contributed by atoms with E-state index >= 15 is 0 Å². The zero-order valence-corrected chi connectivity index (χ0v) is 13.8. The fraction of sp³-hybridized carbons (Fsp3) is 0.529. The molecule has 3 rings (SSSR count). The van der Waals surface area contributed by atoms with Crippen molar-refractivity contribution in [1.82, 2.24) is 10.2 Å². The van der Waals surface area contributed by atoms with Crippen molar-refractivity contribution in [3.8, 4) is 0 Å². The summed E-state index contributed by atoms with van der Waals surface area (Å²) in [7, 11) is 1.84. The van der Waals surface area contributed by atoms with E-state index < -0.39 is 5.82 Å². The molecule has 2 fully saturated rings. The molecule has 1 saturated heterocycles. The lowest BCUT2D eigenvalue weighted by atomic mass is 9.74. The summed E-state index contributed by atoms with van der Waals surface area (Å²) in [4.78, 5) is 26.1. The Kier molecular flexibility index (Phi) is 4.32. The van der Waals surface area contributed by atoms with Crippen molar-refractivity contribution in [2.24, 2.45) is 5.41 Å². The van der Waals surface area contributed by atoms with E-state index in [1.165, 1.54) is 12.1 Å². The zero-order valence-electron chi connectivity index (χ0n) is 13.1. The maximum atomic E-state index is 13.3. The van der Waals surface area contributed by atoms with Crippen LogP contribution in [0, 0.1) is 11.2 Å². The van der Waals surface area contributed by atoms with Gasteiger partial charge in [-0.25, -0.2) is 4.39 Å².